The van der Waals surface area contributed by atoms with Gasteiger partial charge in [0.2, 0.25) is 5.91 Å². The molecular formula is C15H23N3O. The maximum absolute atomic E-state index is 11.3. The summed E-state index contributed by atoms with van der Waals surface area (Å²) in [6, 6.07) is 6.21. The zero-order valence-electron chi connectivity index (χ0n) is 11.8. The number of hydrogen-bond acceptors (Lipinski definition) is 3. The van der Waals surface area contributed by atoms with Crippen LogP contribution in [0.15, 0.2) is 18.2 Å². The van der Waals surface area contributed by atoms with Crippen molar-refractivity contribution in [3.05, 3.63) is 29.3 Å². The monoisotopic (exact) mass is 261 g/mol. The van der Waals surface area contributed by atoms with Crippen LogP contribution >= 0.6 is 0 Å². The lowest BCUT2D eigenvalue weighted by Crippen LogP contribution is -2.36. The Labute approximate surface area is 114 Å². The van der Waals surface area contributed by atoms with Gasteiger partial charge in [0.25, 0.3) is 0 Å². The summed E-state index contributed by atoms with van der Waals surface area (Å²) in [5.41, 5.74) is 9.17. The highest BCUT2D eigenvalue weighted by Crippen LogP contribution is 2.23. The molecule has 104 valence electrons. The molecule has 0 aromatic heterocycles. The highest BCUT2D eigenvalue weighted by molar-refractivity contribution is 5.99. The first-order valence-electron chi connectivity index (χ1n) is 6.85. The maximum Gasteiger partial charge on any atom is 0.228 e. The first kappa shape index (κ1) is 14.0. The van der Waals surface area contributed by atoms with Crippen molar-refractivity contribution < 1.29 is 4.79 Å². The summed E-state index contributed by atoms with van der Waals surface area (Å²) in [5.74, 6) is 0.0930. The first-order valence-corrected chi connectivity index (χ1v) is 6.85. The van der Waals surface area contributed by atoms with Gasteiger partial charge in [0.05, 0.1) is 6.42 Å². The van der Waals surface area contributed by atoms with E-state index in [9.17, 15) is 4.79 Å². The predicted octanol–water partition coefficient (Wildman–Crippen LogP) is 1.44. The van der Waals surface area contributed by atoms with Crippen LogP contribution in [-0.4, -0.2) is 24.5 Å². The number of nitrogens with two attached hydrogens (primary N) is 1. The van der Waals surface area contributed by atoms with Crippen LogP contribution in [0.4, 0.5) is 5.69 Å². The van der Waals surface area contributed by atoms with Gasteiger partial charge in [-0.15, -0.1) is 0 Å². The van der Waals surface area contributed by atoms with Gasteiger partial charge in [0.15, 0.2) is 0 Å². The molecule has 0 atom stereocenters. The lowest BCUT2D eigenvalue weighted by Gasteiger charge is -2.18. The molecule has 0 aliphatic carbocycles. The van der Waals surface area contributed by atoms with E-state index >= 15 is 0 Å². The number of fused-ring (bicyclic) bond motifs is 1. The lowest BCUT2D eigenvalue weighted by molar-refractivity contribution is -0.115. The highest BCUT2D eigenvalue weighted by Gasteiger charge is 2.17. The summed E-state index contributed by atoms with van der Waals surface area (Å²) in [6.07, 6.45) is 2.46. The van der Waals surface area contributed by atoms with E-state index in [-0.39, 0.29) is 11.4 Å². The zero-order chi connectivity index (χ0) is 13.9. The summed E-state index contributed by atoms with van der Waals surface area (Å²) >= 11 is 0. The third-order valence-electron chi connectivity index (χ3n) is 3.33. The molecule has 0 unspecified atom stereocenters. The number of carbonyl (C=O) groups excluding carboxylic acids is 1. The standard InChI is InChI=1S/C15H23N3O/c1-15(2,16)6-8-17-7-5-11-3-4-13-12(9-11)10-14(19)18-13/h3-4,9,17H,5-8,10,16H2,1-2H3,(H,18,19). The molecule has 2 rings (SSSR count). The molecule has 1 aromatic rings. The van der Waals surface area contributed by atoms with Gasteiger partial charge in [0, 0.05) is 11.2 Å². The molecule has 4 N–H and O–H groups in total. The molecule has 0 fully saturated rings. The Hall–Kier alpha value is -1.39. The molecule has 0 saturated heterocycles. The zero-order valence-corrected chi connectivity index (χ0v) is 11.8. The Morgan fingerprint density at radius 3 is 2.89 bits per heavy atom. The van der Waals surface area contributed by atoms with Crippen LogP contribution in [0.5, 0.6) is 0 Å². The molecule has 0 radical (unpaired) electrons. The number of carbonyl (C=O) groups is 1. The first-order chi connectivity index (χ1) is 8.94. The largest absolute Gasteiger partial charge is 0.326 e. The van der Waals surface area contributed by atoms with E-state index in [1.807, 2.05) is 19.9 Å². The Balaban J connectivity index is 1.75. The van der Waals surface area contributed by atoms with Gasteiger partial charge in [0.1, 0.15) is 0 Å². The number of nitrogens with one attached hydrogen (secondary N) is 2. The van der Waals surface area contributed by atoms with Crippen molar-refractivity contribution >= 4 is 11.6 Å². The minimum absolute atomic E-state index is 0.0930. The fourth-order valence-electron chi connectivity index (χ4n) is 2.21. The molecule has 1 aliphatic heterocycles. The molecular weight excluding hydrogens is 238 g/mol. The predicted molar refractivity (Wildman–Crippen MR) is 78.2 cm³/mol. The number of anilines is 1. The van der Waals surface area contributed by atoms with Crippen LogP contribution < -0.4 is 16.4 Å². The third kappa shape index (κ3) is 4.33. The second kappa shape index (κ2) is 5.72. The van der Waals surface area contributed by atoms with E-state index in [1.54, 1.807) is 0 Å². The second-order valence-electron chi connectivity index (χ2n) is 5.96. The maximum atomic E-state index is 11.3. The summed E-state index contributed by atoms with van der Waals surface area (Å²) in [6.45, 7) is 5.96. The van der Waals surface area contributed by atoms with Crippen molar-refractivity contribution in [3.8, 4) is 0 Å². The van der Waals surface area contributed by atoms with E-state index in [2.05, 4.69) is 22.8 Å². The topological polar surface area (TPSA) is 67.1 Å². The molecule has 0 saturated carbocycles. The van der Waals surface area contributed by atoms with Crippen LogP contribution in [0.2, 0.25) is 0 Å². The van der Waals surface area contributed by atoms with Gasteiger partial charge >= 0.3 is 0 Å². The molecule has 1 aromatic carbocycles. The van der Waals surface area contributed by atoms with Crippen LogP contribution in [-0.2, 0) is 17.6 Å². The molecule has 4 heteroatoms. The van der Waals surface area contributed by atoms with Crippen molar-refractivity contribution in [2.24, 2.45) is 5.73 Å². The van der Waals surface area contributed by atoms with Crippen LogP contribution in [0.3, 0.4) is 0 Å². The van der Waals surface area contributed by atoms with E-state index in [0.29, 0.717) is 6.42 Å². The van der Waals surface area contributed by atoms with Crippen molar-refractivity contribution in [1.29, 1.82) is 0 Å². The molecule has 1 heterocycles. The van der Waals surface area contributed by atoms with Crippen molar-refractivity contribution in [1.82, 2.24) is 5.32 Å². The fourth-order valence-corrected chi connectivity index (χ4v) is 2.21. The summed E-state index contributed by atoms with van der Waals surface area (Å²) in [7, 11) is 0. The highest BCUT2D eigenvalue weighted by atomic mass is 16.1. The average Bonchev–Trinajstić information content (AvgIpc) is 2.66. The normalized spacial score (nSPS) is 14.4. The van der Waals surface area contributed by atoms with Gasteiger partial charge in [-0.2, -0.15) is 0 Å². The van der Waals surface area contributed by atoms with Crippen LogP contribution in [0, 0.1) is 0 Å². The third-order valence-corrected chi connectivity index (χ3v) is 3.33. The van der Waals surface area contributed by atoms with E-state index < -0.39 is 0 Å². The fraction of sp³-hybridized carbons (Fsp3) is 0.533. The summed E-state index contributed by atoms with van der Waals surface area (Å²) in [4.78, 5) is 11.3. The molecule has 1 amide bonds. The van der Waals surface area contributed by atoms with Crippen molar-refractivity contribution in [2.75, 3.05) is 18.4 Å². The number of amides is 1. The average molecular weight is 261 g/mol. The molecule has 0 spiro atoms. The summed E-state index contributed by atoms with van der Waals surface area (Å²) in [5, 5.41) is 6.25. The summed E-state index contributed by atoms with van der Waals surface area (Å²) < 4.78 is 0. The van der Waals surface area contributed by atoms with Gasteiger partial charge in [-0.3, -0.25) is 4.79 Å². The quantitative estimate of drug-likeness (QED) is 0.679. The van der Waals surface area contributed by atoms with Gasteiger partial charge < -0.3 is 16.4 Å². The Kier molecular flexibility index (Phi) is 4.22. The van der Waals surface area contributed by atoms with Crippen molar-refractivity contribution in [3.63, 3.8) is 0 Å². The number of rotatable bonds is 6. The van der Waals surface area contributed by atoms with Crippen LogP contribution in [0.1, 0.15) is 31.4 Å². The Morgan fingerprint density at radius 1 is 1.37 bits per heavy atom. The Morgan fingerprint density at radius 2 is 2.16 bits per heavy atom. The van der Waals surface area contributed by atoms with E-state index in [1.165, 1.54) is 5.56 Å². The smallest absolute Gasteiger partial charge is 0.228 e. The van der Waals surface area contributed by atoms with Gasteiger partial charge in [-0.05, 0) is 57.0 Å². The lowest BCUT2D eigenvalue weighted by atomic mass is 10.0. The van der Waals surface area contributed by atoms with Crippen LogP contribution in [0.25, 0.3) is 0 Å². The minimum Gasteiger partial charge on any atom is -0.326 e. The molecule has 19 heavy (non-hydrogen) atoms. The van der Waals surface area contributed by atoms with E-state index in [4.69, 9.17) is 5.73 Å². The molecule has 0 bridgehead atoms. The SMILES string of the molecule is CC(C)(N)CCNCCc1ccc2c(c1)CC(=O)N2. The number of benzene rings is 1. The molecule has 4 nitrogen and oxygen atoms in total. The van der Waals surface area contributed by atoms with E-state index in [0.717, 1.165) is 37.2 Å². The van der Waals surface area contributed by atoms with Gasteiger partial charge in [-0.25, -0.2) is 0 Å². The minimum atomic E-state index is -0.105. The Bertz CT molecular complexity index is 463. The number of hydrogen-bond donors (Lipinski definition) is 3. The molecule has 1 aliphatic rings. The van der Waals surface area contributed by atoms with Crippen molar-refractivity contribution in [2.45, 2.75) is 38.6 Å². The van der Waals surface area contributed by atoms with Gasteiger partial charge in [-0.1, -0.05) is 12.1 Å². The second-order valence-corrected chi connectivity index (χ2v) is 5.96.